The lowest BCUT2D eigenvalue weighted by atomic mass is 10.2. The van der Waals surface area contributed by atoms with Gasteiger partial charge in [0.05, 0.1) is 6.10 Å². The van der Waals surface area contributed by atoms with Crippen molar-refractivity contribution in [2.24, 2.45) is 0 Å². The van der Waals surface area contributed by atoms with Crippen molar-refractivity contribution in [1.82, 2.24) is 15.5 Å². The number of nitrogens with one attached hydrogen (secondary N) is 2. The van der Waals surface area contributed by atoms with Crippen molar-refractivity contribution in [1.29, 1.82) is 0 Å². The Hall–Kier alpha value is -2.32. The molecule has 2 rings (SSSR count). The van der Waals surface area contributed by atoms with Gasteiger partial charge in [-0.25, -0.2) is 0 Å². The van der Waals surface area contributed by atoms with Gasteiger partial charge in [-0.2, -0.15) is 0 Å². The van der Waals surface area contributed by atoms with Crippen LogP contribution < -0.4 is 10.6 Å². The minimum absolute atomic E-state index is 0.149. The van der Waals surface area contributed by atoms with E-state index >= 15 is 0 Å². The first kappa shape index (κ1) is 20.0. The predicted octanol–water partition coefficient (Wildman–Crippen LogP) is 2.90. The second-order valence-electron chi connectivity index (χ2n) is 5.91. The van der Waals surface area contributed by atoms with Crippen molar-refractivity contribution in [3.8, 4) is 0 Å². The van der Waals surface area contributed by atoms with E-state index in [1.54, 1.807) is 24.3 Å². The van der Waals surface area contributed by atoms with E-state index in [1.165, 1.54) is 11.3 Å². The Morgan fingerprint density at radius 1 is 1.15 bits per heavy atom. The average Bonchev–Trinajstić information content (AvgIpc) is 3.11. The number of hydrogen-bond acceptors (Lipinski definition) is 6. The highest BCUT2D eigenvalue weighted by Gasteiger charge is 2.13. The molecule has 1 aromatic carbocycles. The van der Waals surface area contributed by atoms with Crippen LogP contribution in [0.3, 0.4) is 0 Å². The van der Waals surface area contributed by atoms with Crippen LogP contribution >= 0.6 is 11.3 Å². The topological polar surface area (TPSA) is 93.2 Å². The predicted molar refractivity (Wildman–Crippen MR) is 102 cm³/mol. The summed E-state index contributed by atoms with van der Waals surface area (Å²) in [5.74, 6) is -0.450. The van der Waals surface area contributed by atoms with Crippen LogP contribution in [0.25, 0.3) is 0 Å². The van der Waals surface area contributed by atoms with Crippen molar-refractivity contribution in [3.63, 3.8) is 0 Å². The van der Waals surface area contributed by atoms with Gasteiger partial charge in [-0.3, -0.25) is 9.59 Å². The Labute approximate surface area is 157 Å². The SMILES string of the molecule is CCc1nnc(C(=O)Nc2ccc(C(=O)NCCCOC(C)C)cc2)s1. The third-order valence-corrected chi connectivity index (χ3v) is 4.49. The minimum Gasteiger partial charge on any atom is -0.379 e. The van der Waals surface area contributed by atoms with Crippen LogP contribution in [0.5, 0.6) is 0 Å². The molecule has 1 heterocycles. The van der Waals surface area contributed by atoms with Crippen LogP contribution in [0, 0.1) is 0 Å². The van der Waals surface area contributed by atoms with E-state index in [2.05, 4.69) is 20.8 Å². The first-order valence-corrected chi connectivity index (χ1v) is 9.44. The number of ether oxygens (including phenoxy) is 1. The number of nitrogens with zero attached hydrogens (tertiary/aromatic N) is 2. The van der Waals surface area contributed by atoms with Gasteiger partial charge in [0, 0.05) is 24.4 Å². The van der Waals surface area contributed by atoms with Crippen molar-refractivity contribution >= 4 is 28.8 Å². The zero-order chi connectivity index (χ0) is 18.9. The number of benzene rings is 1. The van der Waals surface area contributed by atoms with Gasteiger partial charge < -0.3 is 15.4 Å². The maximum Gasteiger partial charge on any atom is 0.286 e. The Morgan fingerprint density at radius 3 is 2.50 bits per heavy atom. The zero-order valence-electron chi connectivity index (χ0n) is 15.2. The third-order valence-electron chi connectivity index (χ3n) is 3.43. The highest BCUT2D eigenvalue weighted by molar-refractivity contribution is 7.13. The molecule has 0 saturated carbocycles. The van der Waals surface area contributed by atoms with E-state index < -0.39 is 0 Å². The summed E-state index contributed by atoms with van der Waals surface area (Å²) >= 11 is 1.27. The first-order chi connectivity index (χ1) is 12.5. The van der Waals surface area contributed by atoms with Crippen LogP contribution in [-0.4, -0.2) is 41.3 Å². The maximum atomic E-state index is 12.1. The zero-order valence-corrected chi connectivity index (χ0v) is 16.1. The molecule has 0 aliphatic rings. The first-order valence-electron chi connectivity index (χ1n) is 8.63. The lowest BCUT2D eigenvalue weighted by Crippen LogP contribution is -2.25. The highest BCUT2D eigenvalue weighted by Crippen LogP contribution is 2.14. The number of amides is 2. The molecule has 0 unspecified atom stereocenters. The number of hydrogen-bond donors (Lipinski definition) is 2. The van der Waals surface area contributed by atoms with E-state index in [9.17, 15) is 9.59 Å². The molecule has 0 aliphatic carbocycles. The van der Waals surface area contributed by atoms with E-state index in [-0.39, 0.29) is 17.9 Å². The lowest BCUT2D eigenvalue weighted by Gasteiger charge is -2.09. The minimum atomic E-state index is -0.301. The van der Waals surface area contributed by atoms with Gasteiger partial charge >= 0.3 is 0 Å². The molecule has 0 fully saturated rings. The average molecular weight is 376 g/mol. The molecule has 0 bridgehead atoms. The highest BCUT2D eigenvalue weighted by atomic mass is 32.1. The summed E-state index contributed by atoms with van der Waals surface area (Å²) in [7, 11) is 0. The van der Waals surface area contributed by atoms with Crippen LogP contribution in [0.4, 0.5) is 5.69 Å². The summed E-state index contributed by atoms with van der Waals surface area (Å²) in [5.41, 5.74) is 1.14. The van der Waals surface area contributed by atoms with Gasteiger partial charge in [0.2, 0.25) is 5.01 Å². The number of aromatic nitrogens is 2. The molecule has 0 aliphatic heterocycles. The van der Waals surface area contributed by atoms with E-state index in [1.807, 2.05) is 20.8 Å². The van der Waals surface area contributed by atoms with Gasteiger partial charge in [0.15, 0.2) is 0 Å². The molecule has 0 saturated heterocycles. The van der Waals surface area contributed by atoms with Gasteiger partial charge in [0.25, 0.3) is 11.8 Å². The molecule has 140 valence electrons. The van der Waals surface area contributed by atoms with E-state index in [0.717, 1.165) is 17.8 Å². The van der Waals surface area contributed by atoms with Crippen molar-refractivity contribution in [3.05, 3.63) is 39.8 Å². The number of anilines is 1. The molecule has 7 nitrogen and oxygen atoms in total. The monoisotopic (exact) mass is 376 g/mol. The fourth-order valence-electron chi connectivity index (χ4n) is 2.07. The number of rotatable bonds is 9. The molecule has 26 heavy (non-hydrogen) atoms. The third kappa shape index (κ3) is 6.20. The van der Waals surface area contributed by atoms with Gasteiger partial charge in [-0.1, -0.05) is 18.3 Å². The van der Waals surface area contributed by atoms with Crippen molar-refractivity contribution in [2.45, 2.75) is 39.7 Å². The second-order valence-corrected chi connectivity index (χ2v) is 6.98. The summed E-state index contributed by atoms with van der Waals surface area (Å²) in [5, 5.41) is 14.5. The van der Waals surface area contributed by atoms with E-state index in [4.69, 9.17) is 4.74 Å². The maximum absolute atomic E-state index is 12.1. The molecule has 0 spiro atoms. The number of carbonyl (C=O) groups is 2. The van der Waals surface area contributed by atoms with Gasteiger partial charge in [-0.05, 0) is 51.0 Å². The largest absolute Gasteiger partial charge is 0.379 e. The number of aryl methyl sites for hydroxylation is 1. The molecule has 2 N–H and O–H groups in total. The van der Waals surface area contributed by atoms with Gasteiger partial charge in [-0.15, -0.1) is 10.2 Å². The molecule has 8 heteroatoms. The molecule has 0 radical (unpaired) electrons. The quantitative estimate of drug-likeness (QED) is 0.657. The molecular weight excluding hydrogens is 352 g/mol. The molecular formula is C18H24N4O3S. The number of carbonyl (C=O) groups excluding carboxylic acids is 2. The molecule has 1 aromatic heterocycles. The van der Waals surface area contributed by atoms with Crippen LogP contribution in [0.15, 0.2) is 24.3 Å². The summed E-state index contributed by atoms with van der Waals surface area (Å²) < 4.78 is 5.43. The summed E-state index contributed by atoms with van der Waals surface area (Å²) in [6.07, 6.45) is 1.71. The molecule has 0 atom stereocenters. The summed E-state index contributed by atoms with van der Waals surface area (Å²) in [6.45, 7) is 7.10. The second kappa shape index (κ2) is 9.98. The Bertz CT molecular complexity index is 728. The smallest absolute Gasteiger partial charge is 0.286 e. The lowest BCUT2D eigenvalue weighted by molar-refractivity contribution is 0.0757. The summed E-state index contributed by atoms with van der Waals surface area (Å²) in [4.78, 5) is 24.2. The molecule has 2 amide bonds. The van der Waals surface area contributed by atoms with Crippen LogP contribution in [-0.2, 0) is 11.2 Å². The normalized spacial score (nSPS) is 10.8. The molecule has 2 aromatic rings. The van der Waals surface area contributed by atoms with Crippen LogP contribution in [0.1, 0.15) is 52.4 Å². The summed E-state index contributed by atoms with van der Waals surface area (Å²) in [6, 6.07) is 6.73. The standard InChI is InChI=1S/C18H24N4O3S/c1-4-15-21-22-18(26-15)17(24)20-14-8-6-13(7-9-14)16(23)19-10-5-11-25-12(2)3/h6-9,12H,4-5,10-11H2,1-3H3,(H,19,23)(H,20,24). The fraction of sp³-hybridized carbons (Fsp3) is 0.444. The fourth-order valence-corrected chi connectivity index (χ4v) is 2.75. The Balaban J connectivity index is 1.81. The van der Waals surface area contributed by atoms with Crippen molar-refractivity contribution in [2.75, 3.05) is 18.5 Å². The van der Waals surface area contributed by atoms with Gasteiger partial charge in [0.1, 0.15) is 5.01 Å². The van der Waals surface area contributed by atoms with E-state index in [0.29, 0.717) is 29.4 Å². The van der Waals surface area contributed by atoms with Crippen molar-refractivity contribution < 1.29 is 14.3 Å². The Kier molecular flexibility index (Phi) is 7.68. The Morgan fingerprint density at radius 2 is 1.88 bits per heavy atom. The van der Waals surface area contributed by atoms with Crippen LogP contribution in [0.2, 0.25) is 0 Å².